The third-order valence-electron chi connectivity index (χ3n) is 2.95. The molecule has 1 aromatic heterocycles. The molecule has 0 fully saturated rings. The van der Waals surface area contributed by atoms with Gasteiger partial charge < -0.3 is 0 Å². The Morgan fingerprint density at radius 2 is 1.63 bits per heavy atom. The second-order valence-electron chi connectivity index (χ2n) is 4.82. The van der Waals surface area contributed by atoms with Crippen molar-refractivity contribution in [2.75, 3.05) is 11.7 Å². The van der Waals surface area contributed by atoms with Gasteiger partial charge in [0.1, 0.15) is 0 Å². The molecular weight excluding hydrogens is 549 g/mol. The standard InChI is InChI=1S/C14H9BrCl6N4O2/c1-2-27-25(6-26)9-4-3-7(5-8(9)15)10-22-11(13(16,17)18)24-12(23-10)14(19,20)21/h3-6H,2H2,1H3. The molecule has 0 aliphatic rings. The predicted octanol–water partition coefficient (Wildman–Crippen LogP) is 5.87. The molecule has 1 aromatic carbocycles. The van der Waals surface area contributed by atoms with Gasteiger partial charge >= 0.3 is 0 Å². The van der Waals surface area contributed by atoms with Crippen LogP contribution in [-0.4, -0.2) is 28.0 Å². The number of amides is 1. The average Bonchev–Trinajstić information content (AvgIpc) is 2.58. The fraction of sp³-hybridized carbons (Fsp3) is 0.286. The van der Waals surface area contributed by atoms with Gasteiger partial charge in [-0.25, -0.2) is 15.0 Å². The minimum Gasteiger partial charge on any atom is -0.276 e. The van der Waals surface area contributed by atoms with Gasteiger partial charge in [0.2, 0.25) is 14.0 Å². The third-order valence-corrected chi connectivity index (χ3v) is 4.60. The van der Waals surface area contributed by atoms with Crippen molar-refractivity contribution >= 4 is 97.6 Å². The SMILES string of the molecule is CCON(C=O)c1ccc(-c2nc(C(Cl)(Cl)Cl)nc(C(Cl)(Cl)Cl)n2)cc1Br. The summed E-state index contributed by atoms with van der Waals surface area (Å²) >= 11 is 38.6. The van der Waals surface area contributed by atoms with Crippen LogP contribution in [0.3, 0.4) is 0 Å². The van der Waals surface area contributed by atoms with Crippen molar-refractivity contribution < 1.29 is 9.63 Å². The highest BCUT2D eigenvalue weighted by Gasteiger charge is 2.34. The molecule has 0 radical (unpaired) electrons. The maximum Gasteiger partial charge on any atom is 0.250 e. The number of anilines is 1. The van der Waals surface area contributed by atoms with Gasteiger partial charge in [0.05, 0.1) is 12.3 Å². The number of carbonyl (C=O) groups is 1. The van der Waals surface area contributed by atoms with Crippen LogP contribution in [0.2, 0.25) is 0 Å². The van der Waals surface area contributed by atoms with Crippen LogP contribution in [0.5, 0.6) is 0 Å². The Kier molecular flexibility index (Phi) is 7.84. The van der Waals surface area contributed by atoms with Crippen molar-refractivity contribution in [3.63, 3.8) is 0 Å². The summed E-state index contributed by atoms with van der Waals surface area (Å²) in [6, 6.07) is 4.86. The van der Waals surface area contributed by atoms with Gasteiger partial charge in [0, 0.05) is 10.0 Å². The van der Waals surface area contributed by atoms with Crippen LogP contribution < -0.4 is 5.06 Å². The number of nitrogens with zero attached hydrogens (tertiary/aromatic N) is 4. The highest BCUT2D eigenvalue weighted by Crippen LogP contribution is 2.41. The Bertz CT molecular complexity index is 811. The fourth-order valence-corrected chi connectivity index (χ4v) is 2.94. The van der Waals surface area contributed by atoms with E-state index >= 15 is 0 Å². The van der Waals surface area contributed by atoms with Gasteiger partial charge in [-0.1, -0.05) is 69.6 Å². The van der Waals surface area contributed by atoms with Gasteiger partial charge in [0.25, 0.3) is 0 Å². The summed E-state index contributed by atoms with van der Waals surface area (Å²) < 4.78 is -3.39. The number of rotatable bonds is 5. The molecule has 0 bridgehead atoms. The number of carbonyl (C=O) groups excluding carboxylic acids is 1. The molecule has 0 aliphatic heterocycles. The monoisotopic (exact) mass is 554 g/mol. The molecule has 0 atom stereocenters. The molecule has 0 unspecified atom stereocenters. The largest absolute Gasteiger partial charge is 0.276 e. The predicted molar refractivity (Wildman–Crippen MR) is 112 cm³/mol. The third kappa shape index (κ3) is 5.93. The minimum atomic E-state index is -1.96. The van der Waals surface area contributed by atoms with Gasteiger partial charge in [-0.3, -0.25) is 9.63 Å². The lowest BCUT2D eigenvalue weighted by atomic mass is 10.2. The molecule has 1 heterocycles. The lowest BCUT2D eigenvalue weighted by Crippen LogP contribution is -2.21. The summed E-state index contributed by atoms with van der Waals surface area (Å²) in [6.07, 6.45) is 0.536. The van der Waals surface area contributed by atoms with Gasteiger partial charge in [-0.15, -0.1) is 0 Å². The van der Waals surface area contributed by atoms with E-state index in [4.69, 9.17) is 74.4 Å². The maximum atomic E-state index is 11.2. The molecule has 13 heteroatoms. The molecule has 27 heavy (non-hydrogen) atoms. The van der Waals surface area contributed by atoms with E-state index in [0.717, 1.165) is 5.06 Å². The van der Waals surface area contributed by atoms with Crippen molar-refractivity contribution in [3.05, 3.63) is 34.3 Å². The Morgan fingerprint density at radius 3 is 2.04 bits per heavy atom. The number of hydrogen-bond acceptors (Lipinski definition) is 5. The van der Waals surface area contributed by atoms with Crippen LogP contribution in [0, 0.1) is 0 Å². The van der Waals surface area contributed by atoms with Crippen LogP contribution in [-0.2, 0) is 17.2 Å². The second-order valence-corrected chi connectivity index (χ2v) is 10.2. The number of aromatic nitrogens is 3. The zero-order chi connectivity index (χ0) is 20.4. The Morgan fingerprint density at radius 1 is 1.07 bits per heavy atom. The molecule has 1 amide bonds. The molecule has 2 aromatic rings. The van der Waals surface area contributed by atoms with Gasteiger partial charge in [-0.2, -0.15) is 5.06 Å². The number of benzene rings is 1. The normalized spacial score (nSPS) is 12.1. The lowest BCUT2D eigenvalue weighted by molar-refractivity contribution is -0.113. The molecule has 0 N–H and O–H groups in total. The fourth-order valence-electron chi connectivity index (χ4n) is 1.88. The van der Waals surface area contributed by atoms with Gasteiger partial charge in [0.15, 0.2) is 17.5 Å². The second kappa shape index (κ2) is 9.13. The van der Waals surface area contributed by atoms with E-state index < -0.39 is 7.59 Å². The first-order valence-corrected chi connectivity index (χ1v) is 10.1. The first-order chi connectivity index (χ1) is 12.5. The van der Waals surface area contributed by atoms with Crippen LogP contribution in [0.15, 0.2) is 22.7 Å². The summed E-state index contributed by atoms with van der Waals surface area (Å²) in [5.41, 5.74) is 0.953. The molecule has 0 aliphatic carbocycles. The maximum absolute atomic E-state index is 11.2. The molecule has 146 valence electrons. The zero-order valence-electron chi connectivity index (χ0n) is 13.3. The molecule has 0 spiro atoms. The molecule has 6 nitrogen and oxygen atoms in total. The first kappa shape index (κ1) is 23.2. The highest BCUT2D eigenvalue weighted by atomic mass is 79.9. The van der Waals surface area contributed by atoms with E-state index in [1.165, 1.54) is 0 Å². The van der Waals surface area contributed by atoms with Gasteiger partial charge in [-0.05, 0) is 41.1 Å². The molecular formula is C14H9BrCl6N4O2. The Balaban J connectivity index is 2.57. The average molecular weight is 558 g/mol. The van der Waals surface area contributed by atoms with Crippen molar-refractivity contribution in [1.29, 1.82) is 0 Å². The quantitative estimate of drug-likeness (QED) is 0.261. The summed E-state index contributed by atoms with van der Waals surface area (Å²) in [6.45, 7) is 2.06. The highest BCUT2D eigenvalue weighted by molar-refractivity contribution is 9.10. The molecule has 2 rings (SSSR count). The van der Waals surface area contributed by atoms with Crippen LogP contribution in [0.25, 0.3) is 11.4 Å². The van der Waals surface area contributed by atoms with Crippen LogP contribution in [0.1, 0.15) is 18.6 Å². The summed E-state index contributed by atoms with van der Waals surface area (Å²) in [7, 11) is 0. The molecule has 0 saturated carbocycles. The summed E-state index contributed by atoms with van der Waals surface area (Å²) in [4.78, 5) is 28.6. The van der Waals surface area contributed by atoms with Crippen molar-refractivity contribution in [3.8, 4) is 11.4 Å². The van der Waals surface area contributed by atoms with E-state index in [0.29, 0.717) is 28.7 Å². The first-order valence-electron chi connectivity index (χ1n) is 7.05. The van der Waals surface area contributed by atoms with Crippen molar-refractivity contribution in [2.45, 2.75) is 14.5 Å². The number of alkyl halides is 6. The van der Waals surface area contributed by atoms with Crippen molar-refractivity contribution in [2.24, 2.45) is 0 Å². The number of hydroxylamine groups is 1. The van der Waals surface area contributed by atoms with Crippen molar-refractivity contribution in [1.82, 2.24) is 15.0 Å². The summed E-state index contributed by atoms with van der Waals surface area (Å²) in [5.74, 6) is -0.306. The minimum absolute atomic E-state index is 0.106. The Labute approximate surface area is 193 Å². The molecule has 0 saturated heterocycles. The smallest absolute Gasteiger partial charge is 0.250 e. The van der Waals surface area contributed by atoms with E-state index in [-0.39, 0.29) is 17.5 Å². The van der Waals surface area contributed by atoms with E-state index in [9.17, 15) is 4.79 Å². The van der Waals surface area contributed by atoms with Crippen LogP contribution >= 0.6 is 85.5 Å². The van der Waals surface area contributed by atoms with E-state index in [1.54, 1.807) is 25.1 Å². The number of halogens is 7. The van der Waals surface area contributed by atoms with E-state index in [1.807, 2.05) is 0 Å². The number of hydrogen-bond donors (Lipinski definition) is 0. The summed E-state index contributed by atoms with van der Waals surface area (Å²) in [5, 5.41) is 1.07. The Hall–Kier alpha value is -0.120. The van der Waals surface area contributed by atoms with Crippen LogP contribution in [0.4, 0.5) is 5.69 Å². The zero-order valence-corrected chi connectivity index (χ0v) is 19.4. The topological polar surface area (TPSA) is 68.2 Å². The van der Waals surface area contributed by atoms with E-state index in [2.05, 4.69) is 30.9 Å². The lowest BCUT2D eigenvalue weighted by Gasteiger charge is -2.18.